The number of carbonyl (C=O) groups excluding carboxylic acids is 1. The number of carbonyl (C=O) groups is 1. The van der Waals surface area contributed by atoms with Gasteiger partial charge in [0.25, 0.3) is 5.91 Å². The highest BCUT2D eigenvalue weighted by molar-refractivity contribution is 6.24. The van der Waals surface area contributed by atoms with Crippen molar-refractivity contribution in [3.8, 4) is 5.75 Å². The molecule has 0 bridgehead atoms. The van der Waals surface area contributed by atoms with Gasteiger partial charge in [-0.3, -0.25) is 4.79 Å². The summed E-state index contributed by atoms with van der Waals surface area (Å²) < 4.78 is 5.21. The SMILES string of the molecule is COc1ccc(/C=C(\C(=O)NC2CCCCC2)c2ccccc2)cc1. The Balaban J connectivity index is 1.86. The second kappa shape index (κ2) is 8.52. The van der Waals surface area contributed by atoms with E-state index in [-0.39, 0.29) is 5.91 Å². The van der Waals surface area contributed by atoms with Gasteiger partial charge >= 0.3 is 0 Å². The highest BCUT2D eigenvalue weighted by atomic mass is 16.5. The first-order valence-corrected chi connectivity index (χ1v) is 8.98. The summed E-state index contributed by atoms with van der Waals surface area (Å²) in [6.07, 6.45) is 7.79. The summed E-state index contributed by atoms with van der Waals surface area (Å²) in [5.74, 6) is 0.819. The maximum atomic E-state index is 12.9. The molecule has 2 aromatic carbocycles. The fraction of sp³-hybridized carbons (Fsp3) is 0.318. The van der Waals surface area contributed by atoms with Crippen molar-refractivity contribution in [1.29, 1.82) is 0 Å². The minimum absolute atomic E-state index is 0.00826. The molecule has 0 saturated heterocycles. The molecule has 0 spiro atoms. The predicted molar refractivity (Wildman–Crippen MR) is 102 cm³/mol. The summed E-state index contributed by atoms with van der Waals surface area (Å²) in [4.78, 5) is 12.9. The molecule has 1 aliphatic carbocycles. The van der Waals surface area contributed by atoms with Crippen LogP contribution in [0.2, 0.25) is 0 Å². The molecule has 1 N–H and O–H groups in total. The van der Waals surface area contributed by atoms with Crippen molar-refractivity contribution in [2.45, 2.75) is 38.1 Å². The van der Waals surface area contributed by atoms with Gasteiger partial charge in [-0.25, -0.2) is 0 Å². The van der Waals surface area contributed by atoms with Crippen molar-refractivity contribution in [3.05, 3.63) is 65.7 Å². The summed E-state index contributed by atoms with van der Waals surface area (Å²) in [7, 11) is 1.65. The first-order chi connectivity index (χ1) is 12.3. The van der Waals surface area contributed by atoms with Crippen molar-refractivity contribution >= 4 is 17.6 Å². The Morgan fingerprint density at radius 1 is 1.00 bits per heavy atom. The Morgan fingerprint density at radius 3 is 2.32 bits per heavy atom. The second-order valence-electron chi connectivity index (χ2n) is 6.51. The topological polar surface area (TPSA) is 38.3 Å². The van der Waals surface area contributed by atoms with E-state index in [0.717, 1.165) is 29.7 Å². The Hall–Kier alpha value is -2.55. The van der Waals surface area contributed by atoms with Gasteiger partial charge in [0.15, 0.2) is 0 Å². The number of hydrogen-bond acceptors (Lipinski definition) is 2. The number of benzene rings is 2. The molecule has 3 nitrogen and oxygen atoms in total. The van der Waals surface area contributed by atoms with E-state index in [2.05, 4.69) is 5.32 Å². The maximum Gasteiger partial charge on any atom is 0.252 e. The van der Waals surface area contributed by atoms with Crippen molar-refractivity contribution < 1.29 is 9.53 Å². The van der Waals surface area contributed by atoms with Crippen LogP contribution in [-0.4, -0.2) is 19.1 Å². The smallest absolute Gasteiger partial charge is 0.252 e. The molecule has 2 aromatic rings. The molecule has 1 fully saturated rings. The Labute approximate surface area is 149 Å². The number of ether oxygens (including phenoxy) is 1. The van der Waals surface area contributed by atoms with Gasteiger partial charge in [0.1, 0.15) is 5.75 Å². The molecule has 0 aliphatic heterocycles. The zero-order chi connectivity index (χ0) is 17.5. The van der Waals surface area contributed by atoms with E-state index in [1.165, 1.54) is 19.3 Å². The van der Waals surface area contributed by atoms with Crippen LogP contribution < -0.4 is 10.1 Å². The fourth-order valence-electron chi connectivity index (χ4n) is 3.27. The van der Waals surface area contributed by atoms with E-state index in [0.29, 0.717) is 11.6 Å². The summed E-state index contributed by atoms with van der Waals surface area (Å²) >= 11 is 0. The molecule has 3 rings (SSSR count). The van der Waals surface area contributed by atoms with E-state index in [9.17, 15) is 4.79 Å². The Kier molecular flexibility index (Phi) is 5.89. The van der Waals surface area contributed by atoms with Gasteiger partial charge in [0, 0.05) is 11.6 Å². The average Bonchev–Trinajstić information content (AvgIpc) is 2.68. The molecule has 0 radical (unpaired) electrons. The molecule has 1 amide bonds. The van der Waals surface area contributed by atoms with Crippen molar-refractivity contribution in [3.63, 3.8) is 0 Å². The van der Waals surface area contributed by atoms with Crippen LogP contribution in [0.25, 0.3) is 11.6 Å². The first kappa shape index (κ1) is 17.3. The lowest BCUT2D eigenvalue weighted by atomic mass is 9.94. The zero-order valence-corrected chi connectivity index (χ0v) is 14.7. The van der Waals surface area contributed by atoms with Crippen molar-refractivity contribution in [2.75, 3.05) is 7.11 Å². The molecule has 0 unspecified atom stereocenters. The van der Waals surface area contributed by atoms with Crippen LogP contribution in [0.5, 0.6) is 5.75 Å². The average molecular weight is 335 g/mol. The molecule has 25 heavy (non-hydrogen) atoms. The van der Waals surface area contributed by atoms with Crippen LogP contribution in [0, 0.1) is 0 Å². The number of nitrogens with one attached hydrogen (secondary N) is 1. The number of amides is 1. The normalized spacial score (nSPS) is 15.6. The zero-order valence-electron chi connectivity index (χ0n) is 14.7. The summed E-state index contributed by atoms with van der Waals surface area (Å²) in [6, 6.07) is 17.9. The highest BCUT2D eigenvalue weighted by Gasteiger charge is 2.19. The number of methoxy groups -OCH3 is 1. The van der Waals surface area contributed by atoms with E-state index >= 15 is 0 Å². The minimum atomic E-state index is 0.00826. The summed E-state index contributed by atoms with van der Waals surface area (Å²) in [5.41, 5.74) is 2.63. The van der Waals surface area contributed by atoms with Crippen LogP contribution in [0.15, 0.2) is 54.6 Å². The molecule has 1 saturated carbocycles. The van der Waals surface area contributed by atoms with E-state index in [4.69, 9.17) is 4.74 Å². The third-order valence-corrected chi connectivity index (χ3v) is 4.70. The lowest BCUT2D eigenvalue weighted by Crippen LogP contribution is -2.36. The van der Waals surface area contributed by atoms with Gasteiger partial charge in [-0.05, 0) is 42.2 Å². The molecular weight excluding hydrogens is 310 g/mol. The van der Waals surface area contributed by atoms with Crippen LogP contribution in [0.1, 0.15) is 43.2 Å². The van der Waals surface area contributed by atoms with Gasteiger partial charge in [-0.15, -0.1) is 0 Å². The molecule has 0 atom stereocenters. The van der Waals surface area contributed by atoms with Crippen LogP contribution in [0.4, 0.5) is 0 Å². The molecule has 130 valence electrons. The molecule has 1 aliphatic rings. The Morgan fingerprint density at radius 2 is 1.68 bits per heavy atom. The van der Waals surface area contributed by atoms with Crippen LogP contribution in [0.3, 0.4) is 0 Å². The minimum Gasteiger partial charge on any atom is -0.497 e. The van der Waals surface area contributed by atoms with Crippen molar-refractivity contribution in [1.82, 2.24) is 5.32 Å². The quantitative estimate of drug-likeness (QED) is 0.636. The van der Waals surface area contributed by atoms with E-state index in [1.54, 1.807) is 7.11 Å². The van der Waals surface area contributed by atoms with Crippen LogP contribution >= 0.6 is 0 Å². The first-order valence-electron chi connectivity index (χ1n) is 8.98. The third-order valence-electron chi connectivity index (χ3n) is 4.70. The van der Waals surface area contributed by atoms with Gasteiger partial charge in [-0.1, -0.05) is 61.7 Å². The lowest BCUT2D eigenvalue weighted by molar-refractivity contribution is -0.116. The Bertz CT molecular complexity index is 713. The van der Waals surface area contributed by atoms with Gasteiger partial charge < -0.3 is 10.1 Å². The summed E-state index contributed by atoms with van der Waals surface area (Å²) in [5, 5.41) is 3.23. The monoisotopic (exact) mass is 335 g/mol. The standard InChI is InChI=1S/C22H25NO2/c1-25-20-14-12-17(13-15-20)16-21(18-8-4-2-5-9-18)22(24)23-19-10-6-3-7-11-19/h2,4-5,8-9,12-16,19H,3,6-7,10-11H2,1H3,(H,23,24)/b21-16-. The highest BCUT2D eigenvalue weighted by Crippen LogP contribution is 2.22. The second-order valence-corrected chi connectivity index (χ2v) is 6.51. The predicted octanol–water partition coefficient (Wildman–Crippen LogP) is 4.68. The number of rotatable bonds is 5. The maximum absolute atomic E-state index is 12.9. The van der Waals surface area contributed by atoms with Crippen molar-refractivity contribution in [2.24, 2.45) is 0 Å². The van der Waals surface area contributed by atoms with Gasteiger partial charge in [0.05, 0.1) is 7.11 Å². The fourth-order valence-corrected chi connectivity index (χ4v) is 3.27. The van der Waals surface area contributed by atoms with E-state index in [1.807, 2.05) is 60.7 Å². The van der Waals surface area contributed by atoms with Gasteiger partial charge in [0.2, 0.25) is 0 Å². The lowest BCUT2D eigenvalue weighted by Gasteiger charge is -2.23. The van der Waals surface area contributed by atoms with E-state index < -0.39 is 0 Å². The largest absolute Gasteiger partial charge is 0.497 e. The number of hydrogen-bond donors (Lipinski definition) is 1. The van der Waals surface area contributed by atoms with Gasteiger partial charge in [-0.2, -0.15) is 0 Å². The summed E-state index contributed by atoms with van der Waals surface area (Å²) in [6.45, 7) is 0. The van der Waals surface area contributed by atoms with Crippen LogP contribution in [-0.2, 0) is 4.79 Å². The molecular formula is C22H25NO2. The third kappa shape index (κ3) is 4.72. The molecule has 0 heterocycles. The molecule has 0 aromatic heterocycles. The molecule has 3 heteroatoms.